The fraction of sp³-hybridized carbons (Fsp3) is 0.357. The number of alkyl halides is 2. The van der Waals surface area contributed by atoms with E-state index >= 15 is 0 Å². The first-order valence-corrected chi connectivity index (χ1v) is 13.1. The standard InChI is InChI=1S/C28H31Cl2F2N3O4/c1-4-14-33-27(39)28(31,32)25(37)24(17(2)3)35-26(38)22(16-18-8-6-5-7-9-18)34-23(36)13-11-19-10-12-20(29)21(30)15-19/h5-13,15,17,22,24H,4,14,16H2,1-3H3,(H,33,39)(H,34,36)(H,35,38)/b13-11+/t22?,24-/m0/s1. The predicted octanol–water partition coefficient (Wildman–Crippen LogP) is 4.61. The van der Waals surface area contributed by atoms with Crippen molar-refractivity contribution in [3.05, 3.63) is 75.8 Å². The molecule has 0 saturated carbocycles. The summed E-state index contributed by atoms with van der Waals surface area (Å²) in [4.78, 5) is 50.6. The van der Waals surface area contributed by atoms with Gasteiger partial charge in [-0.3, -0.25) is 19.2 Å². The van der Waals surface area contributed by atoms with Crippen molar-refractivity contribution in [2.45, 2.75) is 51.6 Å². The van der Waals surface area contributed by atoms with Gasteiger partial charge in [-0.2, -0.15) is 8.78 Å². The van der Waals surface area contributed by atoms with Crippen LogP contribution in [0.4, 0.5) is 8.78 Å². The van der Waals surface area contributed by atoms with Crippen molar-refractivity contribution >= 4 is 52.8 Å². The van der Waals surface area contributed by atoms with Gasteiger partial charge in [0, 0.05) is 19.0 Å². The third-order valence-corrected chi connectivity index (χ3v) is 6.40. The van der Waals surface area contributed by atoms with Crippen LogP contribution in [0.5, 0.6) is 0 Å². The molecule has 11 heteroatoms. The van der Waals surface area contributed by atoms with E-state index in [-0.39, 0.29) is 13.0 Å². The van der Waals surface area contributed by atoms with E-state index in [1.807, 2.05) is 5.32 Å². The molecule has 0 spiro atoms. The van der Waals surface area contributed by atoms with E-state index in [1.54, 1.807) is 55.5 Å². The van der Waals surface area contributed by atoms with Crippen LogP contribution in [0.3, 0.4) is 0 Å². The van der Waals surface area contributed by atoms with Crippen LogP contribution in [0.2, 0.25) is 10.0 Å². The Morgan fingerprint density at radius 3 is 2.23 bits per heavy atom. The summed E-state index contributed by atoms with van der Waals surface area (Å²) < 4.78 is 29.3. The Morgan fingerprint density at radius 1 is 0.974 bits per heavy atom. The van der Waals surface area contributed by atoms with Gasteiger partial charge in [-0.25, -0.2) is 0 Å². The number of carbonyl (C=O) groups is 4. The van der Waals surface area contributed by atoms with Crippen molar-refractivity contribution in [3.8, 4) is 0 Å². The number of halogens is 4. The maximum Gasteiger partial charge on any atom is 0.383 e. The van der Waals surface area contributed by atoms with E-state index in [2.05, 4.69) is 10.6 Å². The molecule has 0 heterocycles. The smallest absolute Gasteiger partial charge is 0.350 e. The number of hydrogen-bond acceptors (Lipinski definition) is 4. The average Bonchev–Trinajstić information content (AvgIpc) is 2.90. The highest BCUT2D eigenvalue weighted by Crippen LogP contribution is 2.23. The maximum atomic E-state index is 14.7. The van der Waals surface area contributed by atoms with Crippen molar-refractivity contribution in [3.63, 3.8) is 0 Å². The van der Waals surface area contributed by atoms with Gasteiger partial charge in [0.15, 0.2) is 0 Å². The highest BCUT2D eigenvalue weighted by atomic mass is 35.5. The van der Waals surface area contributed by atoms with E-state index in [4.69, 9.17) is 23.2 Å². The molecule has 0 radical (unpaired) electrons. The molecule has 2 rings (SSSR count). The number of hydrogen-bond donors (Lipinski definition) is 3. The molecule has 0 saturated heterocycles. The SMILES string of the molecule is CCCNC(=O)C(F)(F)C(=O)[C@@H](NC(=O)C(Cc1ccccc1)NC(=O)/C=C/c1ccc(Cl)c(Cl)c1)C(C)C. The summed E-state index contributed by atoms with van der Waals surface area (Å²) in [6.07, 6.45) is 3.07. The second kappa shape index (κ2) is 14.7. The van der Waals surface area contributed by atoms with E-state index in [0.29, 0.717) is 27.6 Å². The van der Waals surface area contributed by atoms with Crippen LogP contribution < -0.4 is 16.0 Å². The van der Waals surface area contributed by atoms with Gasteiger partial charge in [0.05, 0.1) is 16.1 Å². The monoisotopic (exact) mass is 581 g/mol. The molecule has 2 aromatic rings. The van der Waals surface area contributed by atoms with Crippen LogP contribution in [-0.2, 0) is 25.6 Å². The minimum absolute atomic E-state index is 0.0193. The number of nitrogens with one attached hydrogen (secondary N) is 3. The van der Waals surface area contributed by atoms with Crippen molar-refractivity contribution < 1.29 is 28.0 Å². The van der Waals surface area contributed by atoms with Gasteiger partial charge >= 0.3 is 5.92 Å². The van der Waals surface area contributed by atoms with E-state index in [0.717, 1.165) is 0 Å². The second-order valence-corrected chi connectivity index (χ2v) is 10.00. The third kappa shape index (κ3) is 9.44. The van der Waals surface area contributed by atoms with Crippen molar-refractivity contribution in [2.75, 3.05) is 6.54 Å². The lowest BCUT2D eigenvalue weighted by molar-refractivity contribution is -0.161. The minimum Gasteiger partial charge on any atom is -0.350 e. The van der Waals surface area contributed by atoms with Gasteiger partial charge in [-0.15, -0.1) is 0 Å². The molecule has 2 aromatic carbocycles. The number of benzene rings is 2. The number of rotatable bonds is 13. The van der Waals surface area contributed by atoms with Crippen LogP contribution in [-0.4, -0.2) is 48.1 Å². The predicted molar refractivity (Wildman–Crippen MR) is 148 cm³/mol. The molecule has 3 amide bonds. The molecule has 0 aromatic heterocycles. The molecular weight excluding hydrogens is 551 g/mol. The molecule has 39 heavy (non-hydrogen) atoms. The number of ketones is 1. The van der Waals surface area contributed by atoms with Crippen LogP contribution in [0.15, 0.2) is 54.6 Å². The van der Waals surface area contributed by atoms with E-state index in [9.17, 15) is 28.0 Å². The Kier molecular flexibility index (Phi) is 12.1. The minimum atomic E-state index is -4.35. The summed E-state index contributed by atoms with van der Waals surface area (Å²) in [6.45, 7) is 4.58. The summed E-state index contributed by atoms with van der Waals surface area (Å²) >= 11 is 11.9. The maximum absolute atomic E-state index is 14.7. The first kappa shape index (κ1) is 31.9. The fourth-order valence-corrected chi connectivity index (χ4v) is 3.82. The second-order valence-electron chi connectivity index (χ2n) is 9.18. The van der Waals surface area contributed by atoms with Gasteiger partial charge in [0.1, 0.15) is 6.04 Å². The third-order valence-electron chi connectivity index (χ3n) is 5.66. The number of Topliss-reactive ketones (excluding diaryl/α,β-unsaturated/α-hetero) is 1. The van der Waals surface area contributed by atoms with Gasteiger partial charge < -0.3 is 16.0 Å². The molecule has 0 fully saturated rings. The molecule has 0 aliphatic heterocycles. The summed E-state index contributed by atoms with van der Waals surface area (Å²) in [6, 6.07) is 10.6. The quantitative estimate of drug-likeness (QED) is 0.237. The Labute approximate surface area is 236 Å². The van der Waals surface area contributed by atoms with Crippen LogP contribution >= 0.6 is 23.2 Å². The zero-order valence-electron chi connectivity index (χ0n) is 21.8. The lowest BCUT2D eigenvalue weighted by Gasteiger charge is -2.27. The summed E-state index contributed by atoms with van der Waals surface area (Å²) in [5.74, 6) is -10.1. The van der Waals surface area contributed by atoms with Gasteiger partial charge in [0.2, 0.25) is 17.6 Å². The van der Waals surface area contributed by atoms with Crippen LogP contribution in [0, 0.1) is 5.92 Å². The van der Waals surface area contributed by atoms with E-state index < -0.39 is 47.4 Å². The lowest BCUT2D eigenvalue weighted by atomic mass is 9.94. The molecule has 0 bridgehead atoms. The topological polar surface area (TPSA) is 104 Å². The Hall–Kier alpha value is -3.30. The summed E-state index contributed by atoms with van der Waals surface area (Å²) in [5.41, 5.74) is 1.26. The average molecular weight is 582 g/mol. The zero-order chi connectivity index (χ0) is 29.2. The normalized spacial score (nSPS) is 13.1. The lowest BCUT2D eigenvalue weighted by Crippen LogP contribution is -2.59. The Bertz CT molecular complexity index is 1210. The number of carbonyl (C=O) groups excluding carboxylic acids is 4. The molecule has 0 aliphatic rings. The zero-order valence-corrected chi connectivity index (χ0v) is 23.3. The number of amides is 3. The van der Waals surface area contributed by atoms with Crippen molar-refractivity contribution in [2.24, 2.45) is 5.92 Å². The largest absolute Gasteiger partial charge is 0.383 e. The highest BCUT2D eigenvalue weighted by molar-refractivity contribution is 6.42. The van der Waals surface area contributed by atoms with Crippen LogP contribution in [0.25, 0.3) is 6.08 Å². The Balaban J connectivity index is 2.25. The first-order chi connectivity index (χ1) is 18.4. The molecule has 3 N–H and O–H groups in total. The molecule has 2 atom stereocenters. The van der Waals surface area contributed by atoms with Gasteiger partial charge in [-0.05, 0) is 41.7 Å². The first-order valence-electron chi connectivity index (χ1n) is 12.3. The molecule has 210 valence electrons. The summed E-state index contributed by atoms with van der Waals surface area (Å²) in [5, 5.41) is 7.54. The highest BCUT2D eigenvalue weighted by Gasteiger charge is 2.51. The van der Waals surface area contributed by atoms with Crippen molar-refractivity contribution in [1.29, 1.82) is 0 Å². The molecule has 1 unspecified atom stereocenters. The van der Waals surface area contributed by atoms with E-state index in [1.165, 1.54) is 26.0 Å². The van der Waals surface area contributed by atoms with Gasteiger partial charge in [0.25, 0.3) is 5.91 Å². The Morgan fingerprint density at radius 2 is 1.64 bits per heavy atom. The fourth-order valence-electron chi connectivity index (χ4n) is 3.51. The van der Waals surface area contributed by atoms with Crippen molar-refractivity contribution in [1.82, 2.24) is 16.0 Å². The van der Waals surface area contributed by atoms with Gasteiger partial charge in [-0.1, -0.05) is 80.4 Å². The summed E-state index contributed by atoms with van der Waals surface area (Å²) in [7, 11) is 0. The molecular formula is C28H31Cl2F2N3O4. The molecule has 0 aliphatic carbocycles. The van der Waals surface area contributed by atoms with Crippen LogP contribution in [0.1, 0.15) is 38.3 Å². The molecule has 7 nitrogen and oxygen atoms in total.